The van der Waals surface area contributed by atoms with Gasteiger partial charge in [-0.25, -0.2) is 13.2 Å². The summed E-state index contributed by atoms with van der Waals surface area (Å²) in [6.45, 7) is 0.783. The van der Waals surface area contributed by atoms with Crippen LogP contribution in [0.2, 0.25) is 0 Å². The van der Waals surface area contributed by atoms with Gasteiger partial charge in [-0.05, 0) is 49.6 Å². The Morgan fingerprint density at radius 1 is 1.00 bits per heavy atom. The first kappa shape index (κ1) is 21.8. The fraction of sp³-hybridized carbons (Fsp3) is 0.458. The second-order valence-electron chi connectivity index (χ2n) is 8.66. The van der Waals surface area contributed by atoms with Crippen LogP contribution in [0.5, 0.6) is 0 Å². The average molecular weight is 442 g/mol. The van der Waals surface area contributed by atoms with Gasteiger partial charge in [-0.15, -0.1) is 0 Å². The number of hydrogen-bond donors (Lipinski definition) is 2. The van der Waals surface area contributed by atoms with E-state index in [2.05, 4.69) is 28.6 Å². The molecule has 0 saturated heterocycles. The summed E-state index contributed by atoms with van der Waals surface area (Å²) in [6.07, 6.45) is 6.74. The smallest absolute Gasteiger partial charge is 0.319 e. The van der Waals surface area contributed by atoms with E-state index < -0.39 is 9.84 Å². The number of rotatable bonds is 5. The second kappa shape index (κ2) is 9.40. The van der Waals surface area contributed by atoms with Gasteiger partial charge in [0.15, 0.2) is 9.84 Å². The predicted octanol–water partition coefficient (Wildman–Crippen LogP) is 4.49. The highest BCUT2D eigenvalue weighted by molar-refractivity contribution is 7.91. The quantitative estimate of drug-likeness (QED) is 0.717. The summed E-state index contributed by atoms with van der Waals surface area (Å²) in [4.78, 5) is 15.5. The van der Waals surface area contributed by atoms with E-state index in [1.807, 2.05) is 24.3 Å². The number of nitrogens with one attached hydrogen (secondary N) is 2. The van der Waals surface area contributed by atoms with Crippen LogP contribution in [-0.2, 0) is 16.4 Å². The molecule has 6 nitrogen and oxygen atoms in total. The fourth-order valence-corrected chi connectivity index (χ4v) is 6.38. The van der Waals surface area contributed by atoms with Crippen LogP contribution in [0.1, 0.15) is 55.7 Å². The van der Waals surface area contributed by atoms with Crippen molar-refractivity contribution >= 4 is 21.6 Å². The number of fused-ring (bicyclic) bond motifs is 1. The molecule has 1 fully saturated rings. The molecule has 1 aliphatic carbocycles. The van der Waals surface area contributed by atoms with E-state index in [1.54, 1.807) is 18.2 Å². The largest absolute Gasteiger partial charge is 0.331 e. The van der Waals surface area contributed by atoms with Crippen LogP contribution in [0, 0.1) is 0 Å². The summed E-state index contributed by atoms with van der Waals surface area (Å²) in [6, 6.07) is 14.8. The molecule has 0 aromatic heterocycles. The van der Waals surface area contributed by atoms with Crippen LogP contribution in [0.15, 0.2) is 53.4 Å². The summed E-state index contributed by atoms with van der Waals surface area (Å²) in [5, 5.41) is 5.97. The van der Waals surface area contributed by atoms with Crippen molar-refractivity contribution in [1.82, 2.24) is 10.2 Å². The minimum absolute atomic E-state index is 0.0394. The van der Waals surface area contributed by atoms with Crippen molar-refractivity contribution in [3.05, 3.63) is 59.7 Å². The molecule has 2 aromatic carbocycles. The first-order chi connectivity index (χ1) is 14.9. The maximum absolute atomic E-state index is 12.8. The van der Waals surface area contributed by atoms with Crippen molar-refractivity contribution in [1.29, 1.82) is 0 Å². The number of carbonyl (C=O) groups is 1. The Kier molecular flexibility index (Phi) is 6.62. The molecule has 1 heterocycles. The van der Waals surface area contributed by atoms with Gasteiger partial charge in [-0.2, -0.15) is 0 Å². The van der Waals surface area contributed by atoms with Crippen molar-refractivity contribution in [2.24, 2.45) is 0 Å². The van der Waals surface area contributed by atoms with E-state index >= 15 is 0 Å². The highest BCUT2D eigenvalue weighted by atomic mass is 32.2. The Bertz CT molecular complexity index is 1030. The molecule has 0 radical (unpaired) electrons. The van der Waals surface area contributed by atoms with Crippen LogP contribution in [0.25, 0.3) is 0 Å². The van der Waals surface area contributed by atoms with E-state index in [1.165, 1.54) is 32.1 Å². The molecule has 7 heteroatoms. The maximum Gasteiger partial charge on any atom is 0.319 e. The Hall–Kier alpha value is -2.38. The predicted molar refractivity (Wildman–Crippen MR) is 123 cm³/mol. The molecule has 4 rings (SSSR count). The van der Waals surface area contributed by atoms with Gasteiger partial charge in [0.2, 0.25) is 0 Å². The molecule has 2 aromatic rings. The Labute approximate surface area is 185 Å². The van der Waals surface area contributed by atoms with Crippen molar-refractivity contribution in [3.63, 3.8) is 0 Å². The van der Waals surface area contributed by atoms with E-state index in [0.29, 0.717) is 22.9 Å². The van der Waals surface area contributed by atoms with Crippen LogP contribution in [-0.4, -0.2) is 38.2 Å². The molecule has 2 aliphatic rings. The van der Waals surface area contributed by atoms with Crippen molar-refractivity contribution in [2.75, 3.05) is 18.1 Å². The Balaban J connectivity index is 1.44. The number of carbonyl (C=O) groups excluding carboxylic acids is 1. The van der Waals surface area contributed by atoms with E-state index in [0.717, 1.165) is 17.8 Å². The summed E-state index contributed by atoms with van der Waals surface area (Å²) in [5.74, 6) is 0.0394. The number of nitrogens with zero attached hydrogens (tertiary/aromatic N) is 1. The Morgan fingerprint density at radius 3 is 2.52 bits per heavy atom. The lowest BCUT2D eigenvalue weighted by Crippen LogP contribution is -2.37. The zero-order valence-corrected chi connectivity index (χ0v) is 18.8. The zero-order valence-electron chi connectivity index (χ0n) is 18.0. The summed E-state index contributed by atoms with van der Waals surface area (Å²) >= 11 is 0. The third-order valence-electron chi connectivity index (χ3n) is 6.49. The number of urea groups is 1. The van der Waals surface area contributed by atoms with Gasteiger partial charge in [-0.1, -0.05) is 55.7 Å². The molecular weight excluding hydrogens is 410 g/mol. The van der Waals surface area contributed by atoms with Crippen LogP contribution < -0.4 is 10.6 Å². The molecule has 0 bridgehead atoms. The summed E-state index contributed by atoms with van der Waals surface area (Å²) < 4.78 is 24.7. The van der Waals surface area contributed by atoms with Crippen molar-refractivity contribution in [2.45, 2.75) is 62.0 Å². The summed E-state index contributed by atoms with van der Waals surface area (Å²) in [7, 11) is -1.12. The number of hydrogen-bond acceptors (Lipinski definition) is 4. The van der Waals surface area contributed by atoms with Gasteiger partial charge in [0, 0.05) is 18.3 Å². The first-order valence-corrected chi connectivity index (χ1v) is 12.8. The zero-order chi connectivity index (χ0) is 21.8. The van der Waals surface area contributed by atoms with Crippen molar-refractivity contribution in [3.8, 4) is 0 Å². The van der Waals surface area contributed by atoms with Crippen LogP contribution >= 0.6 is 0 Å². The van der Waals surface area contributed by atoms with Gasteiger partial charge in [0.25, 0.3) is 0 Å². The highest BCUT2D eigenvalue weighted by Crippen LogP contribution is 2.32. The number of para-hydroxylation sites is 1. The molecule has 2 amide bonds. The number of sulfone groups is 1. The molecule has 0 spiro atoms. The Morgan fingerprint density at radius 2 is 1.71 bits per heavy atom. The molecule has 1 saturated carbocycles. The molecule has 1 unspecified atom stereocenters. The minimum Gasteiger partial charge on any atom is -0.331 e. The molecule has 2 N–H and O–H groups in total. The van der Waals surface area contributed by atoms with E-state index in [-0.39, 0.29) is 17.8 Å². The van der Waals surface area contributed by atoms with Gasteiger partial charge < -0.3 is 10.6 Å². The molecular formula is C24H31N3O3S. The number of benzene rings is 2. The lowest BCUT2D eigenvalue weighted by atomic mass is 9.94. The third-order valence-corrected chi connectivity index (χ3v) is 8.31. The van der Waals surface area contributed by atoms with E-state index in [9.17, 15) is 13.2 Å². The molecule has 166 valence electrons. The molecule has 1 aliphatic heterocycles. The van der Waals surface area contributed by atoms with Gasteiger partial charge in [0.05, 0.1) is 16.7 Å². The standard InChI is InChI=1S/C24H31N3O3S/c1-27(19-10-3-2-4-11-19)17-18-9-5-7-13-21(18)25-24(28)26-22-15-16-31(29,30)23-14-8-6-12-20(22)23/h5-9,12-14,19,22H,2-4,10-11,15-17H2,1H3,(H2,25,26,28). The van der Waals surface area contributed by atoms with Gasteiger partial charge in [-0.3, -0.25) is 4.90 Å². The third kappa shape index (κ3) is 5.10. The normalized spacial score (nSPS) is 20.8. The number of amides is 2. The van der Waals surface area contributed by atoms with Crippen LogP contribution in [0.3, 0.4) is 0 Å². The maximum atomic E-state index is 12.8. The van der Waals surface area contributed by atoms with Crippen LogP contribution in [0.4, 0.5) is 10.5 Å². The monoisotopic (exact) mass is 441 g/mol. The fourth-order valence-electron chi connectivity index (χ4n) is 4.76. The van der Waals surface area contributed by atoms with Crippen molar-refractivity contribution < 1.29 is 13.2 Å². The number of anilines is 1. The van der Waals surface area contributed by atoms with Gasteiger partial charge in [0.1, 0.15) is 0 Å². The first-order valence-electron chi connectivity index (χ1n) is 11.1. The second-order valence-corrected chi connectivity index (χ2v) is 10.7. The summed E-state index contributed by atoms with van der Waals surface area (Å²) in [5.41, 5.74) is 2.53. The topological polar surface area (TPSA) is 78.5 Å². The van der Waals surface area contributed by atoms with E-state index in [4.69, 9.17) is 0 Å². The average Bonchev–Trinajstić information content (AvgIpc) is 2.78. The SMILES string of the molecule is CN(Cc1ccccc1NC(=O)NC1CCS(=O)(=O)c2ccccc21)C1CCCCC1. The highest BCUT2D eigenvalue weighted by Gasteiger charge is 2.31. The lowest BCUT2D eigenvalue weighted by molar-refractivity contribution is 0.185. The molecule has 31 heavy (non-hydrogen) atoms. The lowest BCUT2D eigenvalue weighted by Gasteiger charge is -2.31. The van der Waals surface area contributed by atoms with Gasteiger partial charge >= 0.3 is 6.03 Å². The minimum atomic E-state index is -3.28. The molecule has 1 atom stereocenters.